The summed E-state index contributed by atoms with van der Waals surface area (Å²) < 4.78 is 0. The maximum atomic E-state index is 13.0. The Labute approximate surface area is 189 Å². The number of nitrogens with zero attached hydrogens (tertiary/aromatic N) is 3. The first-order chi connectivity index (χ1) is 16.0. The SMILES string of the molecule is O=C1C(C2CC(c3ccccc3)C(c3cccc(N(O)O)c3[O-])N=N2)=C(O)c2ccccc21. The quantitative estimate of drug-likeness (QED) is 0.508. The van der Waals surface area contributed by atoms with Crippen LogP contribution in [0.4, 0.5) is 5.69 Å². The Morgan fingerprint density at radius 3 is 2.27 bits per heavy atom. The summed E-state index contributed by atoms with van der Waals surface area (Å²) in [6.45, 7) is 0. The van der Waals surface area contributed by atoms with Gasteiger partial charge in [0.1, 0.15) is 17.8 Å². The maximum absolute atomic E-state index is 13.0. The van der Waals surface area contributed by atoms with Crippen molar-refractivity contribution in [2.24, 2.45) is 10.2 Å². The van der Waals surface area contributed by atoms with Crippen molar-refractivity contribution in [1.82, 2.24) is 0 Å². The molecule has 8 nitrogen and oxygen atoms in total. The molecule has 2 aliphatic rings. The number of fused-ring (bicyclic) bond motifs is 1. The average Bonchev–Trinajstić information content (AvgIpc) is 3.09. The second-order valence-electron chi connectivity index (χ2n) is 8.07. The van der Waals surface area contributed by atoms with Crippen LogP contribution in [0.2, 0.25) is 0 Å². The number of benzene rings is 3. The predicted molar refractivity (Wildman–Crippen MR) is 117 cm³/mol. The summed E-state index contributed by atoms with van der Waals surface area (Å²) in [7, 11) is 0. The maximum Gasteiger partial charge on any atom is 0.195 e. The summed E-state index contributed by atoms with van der Waals surface area (Å²) in [5, 5.41) is 51.1. The third-order valence-corrected chi connectivity index (χ3v) is 6.24. The monoisotopic (exact) mass is 442 g/mol. The zero-order chi connectivity index (χ0) is 23.1. The number of Topliss-reactive ketones (excluding diaryl/α,β-unsaturated/α-hetero) is 1. The van der Waals surface area contributed by atoms with Crippen molar-refractivity contribution in [3.05, 3.63) is 101 Å². The van der Waals surface area contributed by atoms with Crippen molar-refractivity contribution >= 4 is 17.2 Å². The van der Waals surface area contributed by atoms with Gasteiger partial charge < -0.3 is 10.2 Å². The Morgan fingerprint density at radius 1 is 0.879 bits per heavy atom. The summed E-state index contributed by atoms with van der Waals surface area (Å²) in [4.78, 5) is 13.0. The first kappa shape index (κ1) is 20.9. The van der Waals surface area contributed by atoms with Crippen LogP contribution in [0.3, 0.4) is 0 Å². The van der Waals surface area contributed by atoms with E-state index in [4.69, 9.17) is 0 Å². The van der Waals surface area contributed by atoms with E-state index in [-0.39, 0.29) is 39.5 Å². The molecule has 3 N–H and O–H groups in total. The van der Waals surface area contributed by atoms with Crippen LogP contribution < -0.4 is 10.3 Å². The highest BCUT2D eigenvalue weighted by Gasteiger charge is 2.40. The topological polar surface area (TPSA) is 129 Å². The van der Waals surface area contributed by atoms with Crippen molar-refractivity contribution in [2.75, 3.05) is 5.23 Å². The van der Waals surface area contributed by atoms with Crippen LogP contribution in [0, 0.1) is 0 Å². The lowest BCUT2D eigenvalue weighted by Crippen LogP contribution is -2.25. The van der Waals surface area contributed by atoms with Gasteiger partial charge in [-0.3, -0.25) is 15.2 Å². The van der Waals surface area contributed by atoms with E-state index in [1.807, 2.05) is 30.3 Å². The van der Waals surface area contributed by atoms with E-state index < -0.39 is 17.8 Å². The number of azo groups is 1. The number of anilines is 1. The summed E-state index contributed by atoms with van der Waals surface area (Å²) in [6, 6.07) is 19.3. The Morgan fingerprint density at radius 2 is 1.58 bits per heavy atom. The number of carbonyl (C=O) groups is 1. The van der Waals surface area contributed by atoms with Gasteiger partial charge in [-0.1, -0.05) is 72.5 Å². The summed E-state index contributed by atoms with van der Waals surface area (Å²) in [5.74, 6) is -1.27. The van der Waals surface area contributed by atoms with E-state index in [0.29, 0.717) is 17.5 Å². The van der Waals surface area contributed by atoms with E-state index >= 15 is 0 Å². The number of ketones is 1. The van der Waals surface area contributed by atoms with Gasteiger partial charge in [-0.15, -0.1) is 5.23 Å². The van der Waals surface area contributed by atoms with Crippen LogP contribution in [0.25, 0.3) is 5.76 Å². The van der Waals surface area contributed by atoms with Crippen LogP contribution in [0.1, 0.15) is 45.4 Å². The smallest absolute Gasteiger partial charge is 0.195 e. The lowest BCUT2D eigenvalue weighted by molar-refractivity contribution is -0.270. The first-order valence-electron chi connectivity index (χ1n) is 10.5. The largest absolute Gasteiger partial charge is 0.871 e. The molecule has 0 amide bonds. The number of carbonyl (C=O) groups excluding carboxylic acids is 1. The van der Waals surface area contributed by atoms with Crippen molar-refractivity contribution in [1.29, 1.82) is 0 Å². The highest BCUT2D eigenvalue weighted by atomic mass is 16.8. The van der Waals surface area contributed by atoms with Gasteiger partial charge in [0, 0.05) is 17.0 Å². The zero-order valence-electron chi connectivity index (χ0n) is 17.4. The summed E-state index contributed by atoms with van der Waals surface area (Å²) in [6.07, 6.45) is 0.336. The second kappa shape index (κ2) is 8.16. The number of hydrogen-bond donors (Lipinski definition) is 3. The van der Waals surface area contributed by atoms with Gasteiger partial charge in [-0.25, -0.2) is 0 Å². The predicted octanol–water partition coefficient (Wildman–Crippen LogP) is 4.56. The molecule has 0 aromatic heterocycles. The van der Waals surface area contributed by atoms with Crippen LogP contribution in [0.15, 0.2) is 88.6 Å². The minimum Gasteiger partial charge on any atom is -0.871 e. The van der Waals surface area contributed by atoms with E-state index in [2.05, 4.69) is 10.2 Å². The molecule has 0 saturated heterocycles. The molecule has 166 valence electrons. The van der Waals surface area contributed by atoms with Gasteiger partial charge in [0.2, 0.25) is 0 Å². The van der Waals surface area contributed by atoms with E-state index in [1.54, 1.807) is 36.4 Å². The van der Waals surface area contributed by atoms with Crippen LogP contribution in [0.5, 0.6) is 5.75 Å². The van der Waals surface area contributed by atoms with Crippen molar-refractivity contribution in [3.8, 4) is 5.75 Å². The van der Waals surface area contributed by atoms with Crippen molar-refractivity contribution in [3.63, 3.8) is 0 Å². The summed E-state index contributed by atoms with van der Waals surface area (Å²) >= 11 is 0. The van der Waals surface area contributed by atoms with E-state index in [0.717, 1.165) is 5.56 Å². The minimum atomic E-state index is -0.697. The number of hydrogen-bond acceptors (Lipinski definition) is 8. The fourth-order valence-electron chi connectivity index (χ4n) is 4.65. The fourth-order valence-corrected chi connectivity index (χ4v) is 4.65. The highest BCUT2D eigenvalue weighted by molar-refractivity contribution is 6.20. The molecule has 0 radical (unpaired) electrons. The fraction of sp³-hybridized carbons (Fsp3) is 0.160. The van der Waals surface area contributed by atoms with E-state index in [9.17, 15) is 25.4 Å². The van der Waals surface area contributed by atoms with Gasteiger partial charge in [0.05, 0.1) is 11.3 Å². The normalized spacial score (nSPS) is 21.9. The Bertz CT molecular complexity index is 1290. The Kier molecular flexibility index (Phi) is 5.16. The Hall–Kier alpha value is -4.01. The van der Waals surface area contributed by atoms with Gasteiger partial charge in [0.25, 0.3) is 0 Å². The second-order valence-corrected chi connectivity index (χ2v) is 8.07. The van der Waals surface area contributed by atoms with Gasteiger partial charge in [-0.05, 0) is 23.6 Å². The molecule has 3 unspecified atom stereocenters. The average molecular weight is 442 g/mol. The third-order valence-electron chi connectivity index (χ3n) is 6.24. The molecule has 5 rings (SSSR count). The molecule has 3 atom stereocenters. The zero-order valence-corrected chi connectivity index (χ0v) is 17.4. The highest BCUT2D eigenvalue weighted by Crippen LogP contribution is 2.48. The first-order valence-corrected chi connectivity index (χ1v) is 10.5. The molecule has 0 spiro atoms. The molecule has 0 saturated carbocycles. The van der Waals surface area contributed by atoms with Gasteiger partial charge >= 0.3 is 0 Å². The van der Waals surface area contributed by atoms with Crippen molar-refractivity contribution in [2.45, 2.75) is 24.4 Å². The van der Waals surface area contributed by atoms with E-state index in [1.165, 1.54) is 6.07 Å². The molecule has 3 aromatic rings. The molecule has 0 bridgehead atoms. The van der Waals surface area contributed by atoms with Gasteiger partial charge in [0.15, 0.2) is 5.78 Å². The minimum absolute atomic E-state index is 0.0903. The van der Waals surface area contributed by atoms with Crippen LogP contribution >= 0.6 is 0 Å². The lowest BCUT2D eigenvalue weighted by Gasteiger charge is -2.33. The number of aliphatic hydroxyl groups excluding tert-OH is 1. The molecule has 0 fully saturated rings. The molecular formula is C25H20N3O5-. The van der Waals surface area contributed by atoms with Crippen LogP contribution in [-0.2, 0) is 0 Å². The van der Waals surface area contributed by atoms with Gasteiger partial charge in [-0.2, -0.15) is 10.2 Å². The molecular weight excluding hydrogens is 422 g/mol. The molecule has 8 heteroatoms. The Balaban J connectivity index is 1.59. The number of aliphatic hydroxyl groups is 1. The molecule has 33 heavy (non-hydrogen) atoms. The molecule has 1 aliphatic heterocycles. The number of rotatable bonds is 4. The third kappa shape index (κ3) is 3.45. The molecule has 1 heterocycles. The molecule has 3 aromatic carbocycles. The lowest BCUT2D eigenvalue weighted by atomic mass is 9.80. The summed E-state index contributed by atoms with van der Waals surface area (Å²) in [5.41, 5.74) is 1.97. The molecule has 1 aliphatic carbocycles. The number of para-hydroxylation sites is 1. The standard InChI is InChI=1S/C25H21N3O5/c29-23-17(11-6-12-20(23)28(32)33)22-18(14-7-2-1-3-8-14)13-19(26-27-22)21-24(30)15-9-4-5-10-16(15)25(21)31/h1-12,18-19,22,29-30,32-33H,13H2/p-1. The van der Waals surface area contributed by atoms with Crippen LogP contribution in [-0.4, -0.2) is 27.3 Å². The van der Waals surface area contributed by atoms with Crippen molar-refractivity contribution < 1.29 is 25.4 Å².